The second-order valence-corrected chi connectivity index (χ2v) is 5.83. The minimum absolute atomic E-state index is 0.0995. The summed E-state index contributed by atoms with van der Waals surface area (Å²) in [5, 5.41) is 0. The summed E-state index contributed by atoms with van der Waals surface area (Å²) in [5.41, 5.74) is 3.92. The highest BCUT2D eigenvalue weighted by molar-refractivity contribution is 5.94. The Bertz CT molecular complexity index is 694. The summed E-state index contributed by atoms with van der Waals surface area (Å²) < 4.78 is 11.0. The second-order valence-electron chi connectivity index (χ2n) is 5.83. The largest absolute Gasteiger partial charge is 0.488 e. The van der Waals surface area contributed by atoms with Crippen molar-refractivity contribution in [3.05, 3.63) is 58.4 Å². The van der Waals surface area contributed by atoms with Gasteiger partial charge in [0.2, 0.25) is 0 Å². The van der Waals surface area contributed by atoms with Crippen molar-refractivity contribution in [2.24, 2.45) is 0 Å². The third-order valence-electron chi connectivity index (χ3n) is 3.82. The molecule has 2 aromatic rings. The molecule has 0 bridgehead atoms. The van der Waals surface area contributed by atoms with Gasteiger partial charge in [0.25, 0.3) is 0 Å². The average Bonchev–Trinajstić information content (AvgIpc) is 2.55. The van der Waals surface area contributed by atoms with Gasteiger partial charge in [0.15, 0.2) is 0 Å². The first-order valence-electron chi connectivity index (χ1n) is 7.71. The molecule has 1 aromatic heterocycles. The monoisotopic (exact) mass is 313 g/mol. The Morgan fingerprint density at radius 2 is 1.83 bits per heavy atom. The molecule has 0 aliphatic heterocycles. The summed E-state index contributed by atoms with van der Waals surface area (Å²) >= 11 is 0. The smallest absolute Gasteiger partial charge is 0.343 e. The van der Waals surface area contributed by atoms with E-state index in [4.69, 9.17) is 9.47 Å². The summed E-state index contributed by atoms with van der Waals surface area (Å²) in [6.45, 7) is 8.25. The number of carbonyl (C=O) groups excluding carboxylic acids is 1. The first-order chi connectivity index (χ1) is 11.0. The van der Waals surface area contributed by atoms with Crippen LogP contribution in [0.2, 0.25) is 0 Å². The molecule has 0 radical (unpaired) electrons. The van der Waals surface area contributed by atoms with Gasteiger partial charge in [-0.15, -0.1) is 0 Å². The SMILES string of the molecule is COC(=O)c1c(C(C)C)nc(C)c(C)c1OCc1ccccc1. The van der Waals surface area contributed by atoms with E-state index in [1.165, 1.54) is 7.11 Å². The molecule has 0 aliphatic rings. The number of nitrogens with zero attached hydrogens (tertiary/aromatic N) is 1. The standard InChI is InChI=1S/C19H23NO3/c1-12(2)17-16(19(21)22-5)18(13(3)14(4)20-17)23-11-15-9-7-6-8-10-15/h6-10,12H,11H2,1-5H3. The van der Waals surface area contributed by atoms with Gasteiger partial charge in [-0.1, -0.05) is 44.2 Å². The van der Waals surface area contributed by atoms with Crippen molar-refractivity contribution < 1.29 is 14.3 Å². The fraction of sp³-hybridized carbons (Fsp3) is 0.368. The van der Waals surface area contributed by atoms with Crippen molar-refractivity contribution in [1.29, 1.82) is 0 Å². The van der Waals surface area contributed by atoms with Crippen LogP contribution in [-0.4, -0.2) is 18.1 Å². The number of aromatic nitrogens is 1. The van der Waals surface area contributed by atoms with Crippen molar-refractivity contribution in [2.75, 3.05) is 7.11 Å². The highest BCUT2D eigenvalue weighted by atomic mass is 16.5. The maximum atomic E-state index is 12.3. The van der Waals surface area contributed by atoms with Crippen molar-refractivity contribution >= 4 is 5.97 Å². The van der Waals surface area contributed by atoms with Gasteiger partial charge in [0, 0.05) is 11.3 Å². The number of ether oxygens (including phenoxy) is 2. The van der Waals surface area contributed by atoms with Gasteiger partial charge in [-0.2, -0.15) is 0 Å². The van der Waals surface area contributed by atoms with Gasteiger partial charge < -0.3 is 9.47 Å². The lowest BCUT2D eigenvalue weighted by Crippen LogP contribution is -2.14. The van der Waals surface area contributed by atoms with E-state index in [-0.39, 0.29) is 5.92 Å². The fourth-order valence-corrected chi connectivity index (χ4v) is 2.42. The molecule has 0 saturated carbocycles. The molecule has 0 atom stereocenters. The van der Waals surface area contributed by atoms with Crippen LogP contribution in [0.4, 0.5) is 0 Å². The molecule has 0 spiro atoms. The van der Waals surface area contributed by atoms with Crippen LogP contribution in [0.15, 0.2) is 30.3 Å². The molecule has 4 heteroatoms. The van der Waals surface area contributed by atoms with Gasteiger partial charge in [-0.3, -0.25) is 4.98 Å². The van der Waals surface area contributed by atoms with Crippen LogP contribution in [0.25, 0.3) is 0 Å². The molecule has 0 amide bonds. The first-order valence-corrected chi connectivity index (χ1v) is 7.71. The zero-order chi connectivity index (χ0) is 17.0. The normalized spacial score (nSPS) is 10.7. The van der Waals surface area contributed by atoms with Crippen molar-refractivity contribution in [3.8, 4) is 5.75 Å². The molecular weight excluding hydrogens is 290 g/mol. The van der Waals surface area contributed by atoms with Crippen LogP contribution in [0.1, 0.15) is 52.6 Å². The minimum Gasteiger partial charge on any atom is -0.488 e. The average molecular weight is 313 g/mol. The fourth-order valence-electron chi connectivity index (χ4n) is 2.42. The van der Waals surface area contributed by atoms with E-state index in [0.717, 1.165) is 16.8 Å². The summed E-state index contributed by atoms with van der Waals surface area (Å²) in [6, 6.07) is 9.87. The Labute approximate surface area is 137 Å². The van der Waals surface area contributed by atoms with Crippen LogP contribution in [0, 0.1) is 13.8 Å². The van der Waals surface area contributed by atoms with Gasteiger partial charge in [0.1, 0.15) is 17.9 Å². The molecule has 0 unspecified atom stereocenters. The highest BCUT2D eigenvalue weighted by Gasteiger charge is 2.25. The van der Waals surface area contributed by atoms with Crippen LogP contribution in [0.3, 0.4) is 0 Å². The molecular formula is C19H23NO3. The number of esters is 1. The molecule has 0 fully saturated rings. The summed E-state index contributed by atoms with van der Waals surface area (Å²) in [7, 11) is 1.38. The lowest BCUT2D eigenvalue weighted by atomic mass is 9.99. The van der Waals surface area contributed by atoms with Crippen LogP contribution < -0.4 is 4.74 Å². The van der Waals surface area contributed by atoms with Crippen molar-refractivity contribution in [1.82, 2.24) is 4.98 Å². The summed E-state index contributed by atoms with van der Waals surface area (Å²) in [4.78, 5) is 16.9. The topological polar surface area (TPSA) is 48.4 Å². The van der Waals surface area contributed by atoms with E-state index in [0.29, 0.717) is 23.6 Å². The van der Waals surface area contributed by atoms with Crippen LogP contribution in [0.5, 0.6) is 5.75 Å². The quantitative estimate of drug-likeness (QED) is 0.777. The van der Waals surface area contributed by atoms with E-state index >= 15 is 0 Å². The molecule has 0 saturated heterocycles. The summed E-state index contributed by atoms with van der Waals surface area (Å²) in [6.07, 6.45) is 0. The van der Waals surface area contributed by atoms with Gasteiger partial charge in [-0.25, -0.2) is 4.79 Å². The zero-order valence-corrected chi connectivity index (χ0v) is 14.3. The third kappa shape index (κ3) is 3.70. The van der Waals surface area contributed by atoms with E-state index in [9.17, 15) is 4.79 Å². The molecule has 2 rings (SSSR count). The molecule has 0 aliphatic carbocycles. The van der Waals surface area contributed by atoms with E-state index in [2.05, 4.69) is 4.98 Å². The number of pyridine rings is 1. The molecule has 1 heterocycles. The number of hydrogen-bond acceptors (Lipinski definition) is 4. The van der Waals surface area contributed by atoms with E-state index < -0.39 is 5.97 Å². The van der Waals surface area contributed by atoms with Crippen LogP contribution >= 0.6 is 0 Å². The number of methoxy groups -OCH3 is 1. The maximum absolute atomic E-state index is 12.3. The highest BCUT2D eigenvalue weighted by Crippen LogP contribution is 2.32. The number of hydrogen-bond donors (Lipinski definition) is 0. The lowest BCUT2D eigenvalue weighted by molar-refractivity contribution is 0.0592. The van der Waals surface area contributed by atoms with E-state index in [1.807, 2.05) is 58.0 Å². The Balaban J connectivity index is 2.48. The number of carbonyl (C=O) groups is 1. The molecule has 122 valence electrons. The van der Waals surface area contributed by atoms with E-state index in [1.54, 1.807) is 0 Å². The number of aryl methyl sites for hydroxylation is 1. The molecule has 0 N–H and O–H groups in total. The molecule has 4 nitrogen and oxygen atoms in total. The lowest BCUT2D eigenvalue weighted by Gasteiger charge is -2.19. The van der Waals surface area contributed by atoms with Gasteiger partial charge >= 0.3 is 5.97 Å². The Kier molecular flexibility index (Phi) is 5.37. The van der Waals surface area contributed by atoms with Crippen molar-refractivity contribution in [3.63, 3.8) is 0 Å². The Morgan fingerprint density at radius 1 is 1.17 bits per heavy atom. The summed E-state index contributed by atoms with van der Waals surface area (Å²) in [5.74, 6) is 0.256. The number of benzene rings is 1. The van der Waals surface area contributed by atoms with Crippen LogP contribution in [-0.2, 0) is 11.3 Å². The van der Waals surface area contributed by atoms with Gasteiger partial charge in [-0.05, 0) is 25.3 Å². The Morgan fingerprint density at radius 3 is 2.39 bits per heavy atom. The predicted octanol–water partition coefficient (Wildman–Crippen LogP) is 4.19. The number of rotatable bonds is 5. The minimum atomic E-state index is -0.410. The Hall–Kier alpha value is -2.36. The zero-order valence-electron chi connectivity index (χ0n) is 14.3. The van der Waals surface area contributed by atoms with Crippen molar-refractivity contribution in [2.45, 2.75) is 40.2 Å². The van der Waals surface area contributed by atoms with Gasteiger partial charge in [0.05, 0.1) is 12.8 Å². The second kappa shape index (κ2) is 7.27. The third-order valence-corrected chi connectivity index (χ3v) is 3.82. The first kappa shape index (κ1) is 17.0. The molecule has 1 aromatic carbocycles. The molecule has 23 heavy (non-hydrogen) atoms. The predicted molar refractivity (Wildman–Crippen MR) is 89.9 cm³/mol. The maximum Gasteiger partial charge on any atom is 0.343 e.